The van der Waals surface area contributed by atoms with Crippen LogP contribution >= 0.6 is 22.9 Å². The van der Waals surface area contributed by atoms with Crippen molar-refractivity contribution in [2.24, 2.45) is 0 Å². The molecule has 2 amide bonds. The van der Waals surface area contributed by atoms with E-state index in [9.17, 15) is 14.4 Å². The first-order valence-corrected chi connectivity index (χ1v) is 10.4. The minimum Gasteiger partial charge on any atom is -0.462 e. The molecule has 0 atom stereocenters. The molecule has 0 aliphatic carbocycles. The van der Waals surface area contributed by atoms with E-state index < -0.39 is 5.97 Å². The third kappa shape index (κ3) is 4.86. The molecule has 3 rings (SSSR count). The van der Waals surface area contributed by atoms with E-state index in [2.05, 4.69) is 5.32 Å². The van der Waals surface area contributed by atoms with Crippen LogP contribution in [0.25, 0.3) is 6.08 Å². The van der Waals surface area contributed by atoms with Gasteiger partial charge in [0, 0.05) is 29.4 Å². The molecule has 29 heavy (non-hydrogen) atoms. The van der Waals surface area contributed by atoms with Crippen LogP contribution in [0, 0.1) is 0 Å². The maximum Gasteiger partial charge on any atom is 0.341 e. The fourth-order valence-electron chi connectivity index (χ4n) is 3.11. The highest BCUT2D eigenvalue weighted by atomic mass is 35.5. The molecule has 0 bridgehead atoms. The SMILES string of the molecule is CCOC(=O)c1c(NC(=O)/C=C/c2ccccc2Cl)sc2c1CCN(C(C)=O)C2. The van der Waals surface area contributed by atoms with Gasteiger partial charge in [-0.1, -0.05) is 29.8 Å². The van der Waals surface area contributed by atoms with Gasteiger partial charge in [0.1, 0.15) is 5.00 Å². The number of nitrogens with one attached hydrogen (secondary N) is 1. The molecule has 0 radical (unpaired) electrons. The fourth-order valence-corrected chi connectivity index (χ4v) is 4.56. The van der Waals surface area contributed by atoms with E-state index >= 15 is 0 Å². The molecule has 152 valence electrons. The summed E-state index contributed by atoms with van der Waals surface area (Å²) in [6.07, 6.45) is 3.54. The lowest BCUT2D eigenvalue weighted by Gasteiger charge is -2.25. The maximum atomic E-state index is 12.5. The van der Waals surface area contributed by atoms with Crippen molar-refractivity contribution in [2.45, 2.75) is 26.8 Å². The van der Waals surface area contributed by atoms with Gasteiger partial charge in [-0.2, -0.15) is 0 Å². The minimum absolute atomic E-state index is 0.0185. The number of halogens is 1. The van der Waals surface area contributed by atoms with Gasteiger partial charge in [0.25, 0.3) is 0 Å². The molecule has 1 aromatic heterocycles. The third-order valence-corrected chi connectivity index (χ3v) is 6.01. The van der Waals surface area contributed by atoms with Crippen molar-refractivity contribution < 1.29 is 19.1 Å². The number of thiophene rings is 1. The van der Waals surface area contributed by atoms with Gasteiger partial charge in [-0.3, -0.25) is 9.59 Å². The quantitative estimate of drug-likeness (QED) is 0.569. The number of fused-ring (bicyclic) bond motifs is 1. The summed E-state index contributed by atoms with van der Waals surface area (Å²) in [5, 5.41) is 3.77. The van der Waals surface area contributed by atoms with Crippen molar-refractivity contribution in [3.63, 3.8) is 0 Å². The highest BCUT2D eigenvalue weighted by Gasteiger charge is 2.30. The largest absolute Gasteiger partial charge is 0.462 e. The molecule has 6 nitrogen and oxygen atoms in total. The number of rotatable bonds is 5. The lowest BCUT2D eigenvalue weighted by molar-refractivity contribution is -0.129. The van der Waals surface area contributed by atoms with Crippen LogP contribution in [-0.4, -0.2) is 35.8 Å². The molecule has 0 spiro atoms. The third-order valence-electron chi connectivity index (χ3n) is 4.54. The molecular weight excluding hydrogens is 412 g/mol. The first-order valence-electron chi connectivity index (χ1n) is 9.21. The Balaban J connectivity index is 1.86. The summed E-state index contributed by atoms with van der Waals surface area (Å²) in [5.41, 5.74) is 1.95. The van der Waals surface area contributed by atoms with Crippen LogP contribution in [0.15, 0.2) is 30.3 Å². The summed E-state index contributed by atoms with van der Waals surface area (Å²) < 4.78 is 5.19. The average Bonchev–Trinajstić information content (AvgIpc) is 3.04. The van der Waals surface area contributed by atoms with Crippen LogP contribution in [0.5, 0.6) is 0 Å². The normalized spacial score (nSPS) is 13.3. The van der Waals surface area contributed by atoms with E-state index in [1.165, 1.54) is 24.3 Å². The van der Waals surface area contributed by atoms with Crippen molar-refractivity contribution in [2.75, 3.05) is 18.5 Å². The van der Waals surface area contributed by atoms with Crippen molar-refractivity contribution >= 4 is 51.8 Å². The highest BCUT2D eigenvalue weighted by molar-refractivity contribution is 7.17. The summed E-state index contributed by atoms with van der Waals surface area (Å²) >= 11 is 7.41. The Morgan fingerprint density at radius 1 is 1.31 bits per heavy atom. The smallest absolute Gasteiger partial charge is 0.341 e. The zero-order valence-electron chi connectivity index (χ0n) is 16.2. The second-order valence-corrected chi connectivity index (χ2v) is 7.98. The van der Waals surface area contributed by atoms with Gasteiger partial charge in [0.15, 0.2) is 0 Å². The zero-order chi connectivity index (χ0) is 21.0. The number of benzene rings is 1. The van der Waals surface area contributed by atoms with Gasteiger partial charge in [0.2, 0.25) is 11.8 Å². The van der Waals surface area contributed by atoms with Crippen LogP contribution in [0.1, 0.15) is 40.2 Å². The maximum absolute atomic E-state index is 12.5. The first kappa shape index (κ1) is 21.1. The molecular formula is C21H21ClN2O4S. The van der Waals surface area contributed by atoms with Crippen molar-refractivity contribution in [1.82, 2.24) is 4.90 Å². The monoisotopic (exact) mass is 432 g/mol. The van der Waals surface area contributed by atoms with Crippen LogP contribution < -0.4 is 5.32 Å². The number of amides is 2. The zero-order valence-corrected chi connectivity index (χ0v) is 17.7. The van der Waals surface area contributed by atoms with Gasteiger partial charge < -0.3 is 15.0 Å². The Morgan fingerprint density at radius 3 is 2.76 bits per heavy atom. The molecule has 1 N–H and O–H groups in total. The molecule has 0 unspecified atom stereocenters. The highest BCUT2D eigenvalue weighted by Crippen LogP contribution is 2.37. The number of esters is 1. The number of anilines is 1. The lowest BCUT2D eigenvalue weighted by Crippen LogP contribution is -2.34. The van der Waals surface area contributed by atoms with E-state index in [1.54, 1.807) is 30.0 Å². The molecule has 2 heterocycles. The molecule has 0 saturated carbocycles. The number of carbonyl (C=O) groups is 3. The van der Waals surface area contributed by atoms with Crippen molar-refractivity contribution in [3.05, 3.63) is 56.9 Å². The van der Waals surface area contributed by atoms with Gasteiger partial charge in [0.05, 0.1) is 18.7 Å². The molecule has 1 aliphatic rings. The van der Waals surface area contributed by atoms with Gasteiger partial charge in [-0.25, -0.2) is 4.79 Å². The average molecular weight is 433 g/mol. The second kappa shape index (κ2) is 9.24. The summed E-state index contributed by atoms with van der Waals surface area (Å²) in [6, 6.07) is 7.19. The van der Waals surface area contributed by atoms with Crippen LogP contribution in [0.2, 0.25) is 5.02 Å². The van der Waals surface area contributed by atoms with E-state index in [4.69, 9.17) is 16.3 Å². The lowest BCUT2D eigenvalue weighted by atomic mass is 10.0. The van der Waals surface area contributed by atoms with Gasteiger partial charge >= 0.3 is 5.97 Å². The van der Waals surface area contributed by atoms with Crippen LogP contribution in [-0.2, 0) is 27.3 Å². The minimum atomic E-state index is -0.466. The number of hydrogen-bond donors (Lipinski definition) is 1. The Bertz CT molecular complexity index is 983. The van der Waals surface area contributed by atoms with Crippen molar-refractivity contribution in [1.29, 1.82) is 0 Å². The fraction of sp³-hybridized carbons (Fsp3) is 0.286. The van der Waals surface area contributed by atoms with E-state index in [0.29, 0.717) is 35.1 Å². The molecule has 0 fully saturated rings. The predicted octanol–water partition coefficient (Wildman–Crippen LogP) is 4.13. The Morgan fingerprint density at radius 2 is 2.07 bits per heavy atom. The van der Waals surface area contributed by atoms with Crippen LogP contribution in [0.4, 0.5) is 5.00 Å². The predicted molar refractivity (Wildman–Crippen MR) is 114 cm³/mol. The topological polar surface area (TPSA) is 75.7 Å². The summed E-state index contributed by atoms with van der Waals surface area (Å²) in [4.78, 5) is 39.3. The molecule has 1 aliphatic heterocycles. The standard InChI is InChI=1S/C21H21ClN2O4S/c1-3-28-21(27)19-15-10-11-24(13(2)25)12-17(15)29-20(19)23-18(26)9-8-14-6-4-5-7-16(14)22/h4-9H,3,10-12H2,1-2H3,(H,23,26)/b9-8+. The van der Waals surface area contributed by atoms with Gasteiger partial charge in [-0.05, 0) is 36.6 Å². The summed E-state index contributed by atoms with van der Waals surface area (Å²) in [5.74, 6) is -0.862. The van der Waals surface area contributed by atoms with E-state index in [-0.39, 0.29) is 18.4 Å². The Kier molecular flexibility index (Phi) is 6.71. The molecule has 8 heteroatoms. The van der Waals surface area contributed by atoms with E-state index in [0.717, 1.165) is 16.0 Å². The molecule has 0 saturated heterocycles. The number of hydrogen-bond acceptors (Lipinski definition) is 5. The Labute approximate surface area is 178 Å². The number of ether oxygens (including phenoxy) is 1. The van der Waals surface area contributed by atoms with E-state index in [1.807, 2.05) is 12.1 Å². The molecule has 2 aromatic rings. The first-order chi connectivity index (χ1) is 13.9. The summed E-state index contributed by atoms with van der Waals surface area (Å²) in [6.45, 7) is 4.45. The second-order valence-electron chi connectivity index (χ2n) is 6.46. The number of carbonyl (C=O) groups excluding carboxylic acids is 3. The van der Waals surface area contributed by atoms with Gasteiger partial charge in [-0.15, -0.1) is 11.3 Å². The number of nitrogens with zero attached hydrogens (tertiary/aromatic N) is 1. The van der Waals surface area contributed by atoms with Crippen LogP contribution in [0.3, 0.4) is 0 Å². The molecule has 1 aromatic carbocycles. The van der Waals surface area contributed by atoms with Crippen molar-refractivity contribution in [3.8, 4) is 0 Å². The summed E-state index contributed by atoms with van der Waals surface area (Å²) in [7, 11) is 0. The Hall–Kier alpha value is -2.64.